The van der Waals surface area contributed by atoms with Gasteiger partial charge in [0.15, 0.2) is 11.6 Å². The van der Waals surface area contributed by atoms with Crippen molar-refractivity contribution in [3.8, 4) is 5.75 Å². The summed E-state index contributed by atoms with van der Waals surface area (Å²) in [5.41, 5.74) is 2.11. The highest BCUT2D eigenvalue weighted by molar-refractivity contribution is 6.30. The highest BCUT2D eigenvalue weighted by atomic mass is 35.5. The van der Waals surface area contributed by atoms with Crippen molar-refractivity contribution in [1.82, 2.24) is 0 Å². The first-order valence-electron chi connectivity index (χ1n) is 7.54. The van der Waals surface area contributed by atoms with E-state index in [0.29, 0.717) is 28.7 Å². The van der Waals surface area contributed by atoms with E-state index in [1.54, 1.807) is 31.4 Å². The number of carbonyl (C=O) groups is 1. The van der Waals surface area contributed by atoms with Crippen LogP contribution in [0.3, 0.4) is 0 Å². The van der Waals surface area contributed by atoms with Gasteiger partial charge in [-0.15, -0.1) is 0 Å². The van der Waals surface area contributed by atoms with E-state index in [1.807, 2.05) is 30.3 Å². The van der Waals surface area contributed by atoms with Crippen LogP contribution in [0.5, 0.6) is 5.75 Å². The van der Waals surface area contributed by atoms with Gasteiger partial charge in [-0.2, -0.15) is 0 Å². The van der Waals surface area contributed by atoms with Gasteiger partial charge >= 0.3 is 5.97 Å². The smallest absolute Gasteiger partial charge is 0.363 e. The molecule has 122 valence electrons. The standard InChI is InChI=1S/C19H16ClNO3/c1-23-17-9-8-15(20)11-14(17)12-16-19(22)24-18(21-16)10-7-13-5-3-2-4-6-13/h2-6,8-9,11-12H,7,10H2,1H3/b16-12+. The number of carbonyl (C=O) groups excluding carboxylic acids is 1. The Hall–Kier alpha value is -2.59. The number of aliphatic imine (C=N–C) groups is 1. The Morgan fingerprint density at radius 2 is 1.96 bits per heavy atom. The zero-order valence-electron chi connectivity index (χ0n) is 13.2. The number of hydrogen-bond acceptors (Lipinski definition) is 4. The summed E-state index contributed by atoms with van der Waals surface area (Å²) in [7, 11) is 1.56. The molecule has 0 spiro atoms. The largest absolute Gasteiger partial charge is 0.496 e. The van der Waals surface area contributed by atoms with E-state index in [2.05, 4.69) is 4.99 Å². The molecule has 0 atom stereocenters. The summed E-state index contributed by atoms with van der Waals surface area (Å²) >= 11 is 6.01. The number of halogens is 1. The predicted molar refractivity (Wildman–Crippen MR) is 94.3 cm³/mol. The molecule has 24 heavy (non-hydrogen) atoms. The fraction of sp³-hybridized carbons (Fsp3) is 0.158. The van der Waals surface area contributed by atoms with Crippen molar-refractivity contribution in [2.24, 2.45) is 4.99 Å². The molecular weight excluding hydrogens is 326 g/mol. The minimum absolute atomic E-state index is 0.249. The maximum absolute atomic E-state index is 12.0. The first-order chi connectivity index (χ1) is 11.7. The van der Waals surface area contributed by atoms with Gasteiger partial charge in [0.05, 0.1) is 7.11 Å². The summed E-state index contributed by atoms with van der Waals surface area (Å²) in [5.74, 6) is 0.587. The number of cyclic esters (lactones) is 1. The molecule has 2 aromatic carbocycles. The number of hydrogen-bond donors (Lipinski definition) is 0. The Morgan fingerprint density at radius 3 is 2.71 bits per heavy atom. The minimum atomic E-state index is -0.458. The second kappa shape index (κ2) is 7.32. The number of aryl methyl sites for hydroxylation is 1. The van der Waals surface area contributed by atoms with Crippen molar-refractivity contribution >= 4 is 29.5 Å². The molecule has 0 bridgehead atoms. The van der Waals surface area contributed by atoms with Crippen molar-refractivity contribution in [2.75, 3.05) is 7.11 Å². The average molecular weight is 342 g/mol. The van der Waals surface area contributed by atoms with Gasteiger partial charge in [0, 0.05) is 17.0 Å². The quantitative estimate of drug-likeness (QED) is 0.602. The van der Waals surface area contributed by atoms with E-state index >= 15 is 0 Å². The number of rotatable bonds is 5. The molecule has 0 unspecified atom stereocenters. The van der Waals surface area contributed by atoms with Crippen LogP contribution in [-0.4, -0.2) is 19.0 Å². The lowest BCUT2D eigenvalue weighted by Gasteiger charge is -2.04. The van der Waals surface area contributed by atoms with Gasteiger partial charge in [0.1, 0.15) is 5.75 Å². The van der Waals surface area contributed by atoms with Crippen molar-refractivity contribution < 1.29 is 14.3 Å². The third kappa shape index (κ3) is 3.84. The minimum Gasteiger partial charge on any atom is -0.496 e. The van der Waals surface area contributed by atoms with E-state index in [1.165, 1.54) is 5.56 Å². The SMILES string of the molecule is COc1ccc(Cl)cc1/C=C1/N=C(CCc2ccccc2)OC1=O. The Balaban J connectivity index is 1.78. The first-order valence-corrected chi connectivity index (χ1v) is 7.92. The van der Waals surface area contributed by atoms with E-state index in [9.17, 15) is 4.79 Å². The molecule has 0 saturated carbocycles. The zero-order valence-corrected chi connectivity index (χ0v) is 13.9. The Labute approximate surface area is 145 Å². The number of nitrogens with zero attached hydrogens (tertiary/aromatic N) is 1. The summed E-state index contributed by atoms with van der Waals surface area (Å²) in [5, 5.41) is 0.558. The van der Waals surface area contributed by atoms with Crippen LogP contribution < -0.4 is 4.74 Å². The molecule has 0 saturated heterocycles. The summed E-state index contributed by atoms with van der Waals surface area (Å²) in [6.07, 6.45) is 2.96. The van der Waals surface area contributed by atoms with E-state index in [0.717, 1.165) is 6.42 Å². The van der Waals surface area contributed by atoms with Gasteiger partial charge in [-0.3, -0.25) is 0 Å². The molecule has 4 nitrogen and oxygen atoms in total. The first kappa shape index (κ1) is 16.3. The van der Waals surface area contributed by atoms with Crippen LogP contribution in [0.15, 0.2) is 59.2 Å². The highest BCUT2D eigenvalue weighted by Gasteiger charge is 2.23. The van der Waals surface area contributed by atoms with Gasteiger partial charge in [-0.05, 0) is 36.3 Å². The molecule has 1 aliphatic heterocycles. The molecular formula is C19H16ClNO3. The maximum Gasteiger partial charge on any atom is 0.363 e. The molecule has 0 amide bonds. The average Bonchev–Trinajstić information content (AvgIpc) is 2.94. The molecule has 1 heterocycles. The van der Waals surface area contributed by atoms with Gasteiger partial charge in [-0.1, -0.05) is 41.9 Å². The summed E-state index contributed by atoms with van der Waals surface area (Å²) in [6.45, 7) is 0. The molecule has 5 heteroatoms. The van der Waals surface area contributed by atoms with E-state index in [4.69, 9.17) is 21.1 Å². The van der Waals surface area contributed by atoms with Crippen LogP contribution in [0.2, 0.25) is 5.02 Å². The number of methoxy groups -OCH3 is 1. The molecule has 0 radical (unpaired) electrons. The summed E-state index contributed by atoms with van der Waals surface area (Å²) in [4.78, 5) is 16.3. The van der Waals surface area contributed by atoms with Gasteiger partial charge in [0.2, 0.25) is 0 Å². The van der Waals surface area contributed by atoms with Gasteiger partial charge in [-0.25, -0.2) is 9.79 Å². The lowest BCUT2D eigenvalue weighted by molar-refractivity contribution is -0.130. The molecule has 3 rings (SSSR count). The van der Waals surface area contributed by atoms with Crippen molar-refractivity contribution in [3.63, 3.8) is 0 Å². The topological polar surface area (TPSA) is 47.9 Å². The van der Waals surface area contributed by atoms with Crippen LogP contribution in [0.4, 0.5) is 0 Å². The monoisotopic (exact) mass is 341 g/mol. The Bertz CT molecular complexity index is 813. The van der Waals surface area contributed by atoms with Gasteiger partial charge < -0.3 is 9.47 Å². The lowest BCUT2D eigenvalue weighted by Crippen LogP contribution is -2.05. The lowest BCUT2D eigenvalue weighted by atomic mass is 10.1. The fourth-order valence-corrected chi connectivity index (χ4v) is 2.60. The second-order valence-corrected chi connectivity index (χ2v) is 5.73. The molecule has 0 aliphatic carbocycles. The third-order valence-electron chi connectivity index (χ3n) is 3.62. The fourth-order valence-electron chi connectivity index (χ4n) is 2.42. The molecule has 0 fully saturated rings. The number of ether oxygens (including phenoxy) is 2. The van der Waals surface area contributed by atoms with Crippen LogP contribution in [0.1, 0.15) is 17.5 Å². The molecule has 0 aromatic heterocycles. The van der Waals surface area contributed by atoms with E-state index in [-0.39, 0.29) is 5.70 Å². The third-order valence-corrected chi connectivity index (χ3v) is 3.85. The van der Waals surface area contributed by atoms with Crippen LogP contribution in [0, 0.1) is 0 Å². The van der Waals surface area contributed by atoms with E-state index < -0.39 is 5.97 Å². The van der Waals surface area contributed by atoms with Crippen molar-refractivity contribution in [3.05, 3.63) is 70.4 Å². The van der Waals surface area contributed by atoms with Crippen LogP contribution >= 0.6 is 11.6 Å². The highest BCUT2D eigenvalue weighted by Crippen LogP contribution is 2.27. The Kier molecular flexibility index (Phi) is 4.96. The number of benzene rings is 2. The molecule has 0 N–H and O–H groups in total. The maximum atomic E-state index is 12.0. The van der Waals surface area contributed by atoms with Crippen molar-refractivity contribution in [1.29, 1.82) is 0 Å². The second-order valence-electron chi connectivity index (χ2n) is 5.30. The van der Waals surface area contributed by atoms with Crippen LogP contribution in [0.25, 0.3) is 6.08 Å². The number of esters is 1. The summed E-state index contributed by atoms with van der Waals surface area (Å²) < 4.78 is 10.5. The Morgan fingerprint density at radius 1 is 1.17 bits per heavy atom. The molecule has 2 aromatic rings. The predicted octanol–water partition coefficient (Wildman–Crippen LogP) is 4.28. The summed E-state index contributed by atoms with van der Waals surface area (Å²) in [6, 6.07) is 15.2. The normalized spacial score (nSPS) is 15.3. The molecule has 1 aliphatic rings. The van der Waals surface area contributed by atoms with Crippen molar-refractivity contribution in [2.45, 2.75) is 12.8 Å². The van der Waals surface area contributed by atoms with Crippen LogP contribution in [-0.2, 0) is 16.0 Å². The van der Waals surface area contributed by atoms with Gasteiger partial charge in [0.25, 0.3) is 0 Å². The zero-order chi connectivity index (χ0) is 16.9.